The third-order valence-electron chi connectivity index (χ3n) is 8.90. The number of benzene rings is 2. The van der Waals surface area contributed by atoms with E-state index in [0.717, 1.165) is 47.2 Å². The summed E-state index contributed by atoms with van der Waals surface area (Å²) in [7, 11) is 0. The van der Waals surface area contributed by atoms with Gasteiger partial charge in [-0.3, -0.25) is 30.0 Å². The fourth-order valence-corrected chi connectivity index (χ4v) is 6.66. The molecule has 2 aromatic carbocycles. The van der Waals surface area contributed by atoms with E-state index in [1.54, 1.807) is 24.7 Å². The predicted octanol–water partition coefficient (Wildman–Crippen LogP) is 7.36. The number of aliphatic carboxylic acids is 1. The van der Waals surface area contributed by atoms with Crippen LogP contribution in [0.1, 0.15) is 53.1 Å². The average molecular weight is 701 g/mol. The van der Waals surface area contributed by atoms with E-state index in [2.05, 4.69) is 39.0 Å². The van der Waals surface area contributed by atoms with E-state index in [0.29, 0.717) is 50.4 Å². The molecule has 0 saturated carbocycles. The van der Waals surface area contributed by atoms with Crippen molar-refractivity contribution < 1.29 is 19.4 Å². The maximum Gasteiger partial charge on any atom is 0.323 e. The van der Waals surface area contributed by atoms with Gasteiger partial charge in [-0.25, -0.2) is 4.39 Å². The maximum absolute atomic E-state index is 15.6. The van der Waals surface area contributed by atoms with Crippen LogP contribution in [-0.4, -0.2) is 61.3 Å². The molecule has 0 radical (unpaired) electrons. The number of hydrogen-bond donors (Lipinski definition) is 3. The van der Waals surface area contributed by atoms with Crippen LogP contribution in [0.2, 0.25) is 10.0 Å². The van der Waals surface area contributed by atoms with Crippen LogP contribution in [0.25, 0.3) is 33.9 Å². The Morgan fingerprint density at radius 1 is 1.02 bits per heavy atom. The zero-order chi connectivity index (χ0) is 34.7. The van der Waals surface area contributed by atoms with E-state index < -0.39 is 24.4 Å². The topological polar surface area (TPSA) is 111 Å². The Morgan fingerprint density at radius 2 is 1.80 bits per heavy atom. The quantitative estimate of drug-likeness (QED) is 0.131. The molecule has 11 heteroatoms. The van der Waals surface area contributed by atoms with E-state index in [9.17, 15) is 15.0 Å². The van der Waals surface area contributed by atoms with Crippen molar-refractivity contribution in [3.8, 4) is 11.1 Å². The third-order valence-corrected chi connectivity index (χ3v) is 9.77. The first-order chi connectivity index (χ1) is 23.6. The van der Waals surface area contributed by atoms with Crippen molar-refractivity contribution in [3.63, 3.8) is 0 Å². The number of halogens is 3. The van der Waals surface area contributed by atoms with Gasteiger partial charge in [0.15, 0.2) is 0 Å². The zero-order valence-electron chi connectivity index (χ0n) is 27.1. The first-order valence-corrected chi connectivity index (χ1v) is 16.8. The standard InChI is InChI=1S/C38H36Cl2FN5O3/c1-22(2)46-12-10-24-15-32(44-19-28(24)20-46)31(41)14-25-5-3-7-29(35(25)39)30-8-4-6-26(36(30)40)16-33-37-27(9-11-42-33)13-23(18-45-37)17-43-34(21-47)38(48)49/h3-9,11,13-15,18-19,22,34,43,47H,10,12,16-17,20-21H2,1-2H3,(H,48,49)/b31-14-/t34-/m1/s1. The van der Waals surface area contributed by atoms with Gasteiger partial charge in [-0.2, -0.15) is 0 Å². The molecule has 4 heterocycles. The number of rotatable bonds is 11. The molecule has 49 heavy (non-hydrogen) atoms. The summed E-state index contributed by atoms with van der Waals surface area (Å²) in [6.45, 7) is 5.81. The summed E-state index contributed by atoms with van der Waals surface area (Å²) in [6, 6.07) is 16.1. The number of pyridine rings is 3. The van der Waals surface area contributed by atoms with Crippen molar-refractivity contribution in [3.05, 3.63) is 122 Å². The molecule has 3 aromatic heterocycles. The van der Waals surface area contributed by atoms with Crippen molar-refractivity contribution in [2.75, 3.05) is 13.2 Å². The minimum Gasteiger partial charge on any atom is -0.480 e. The number of fused-ring (bicyclic) bond motifs is 2. The van der Waals surface area contributed by atoms with Crippen LogP contribution < -0.4 is 5.32 Å². The van der Waals surface area contributed by atoms with Gasteiger partial charge < -0.3 is 10.2 Å². The minimum atomic E-state index is -1.13. The Morgan fingerprint density at radius 3 is 2.55 bits per heavy atom. The number of carbonyl (C=O) groups is 1. The first kappa shape index (κ1) is 34.6. The largest absolute Gasteiger partial charge is 0.480 e. The van der Waals surface area contributed by atoms with E-state index in [-0.39, 0.29) is 12.2 Å². The number of carboxylic acids is 1. The van der Waals surface area contributed by atoms with Gasteiger partial charge in [0.2, 0.25) is 0 Å². The maximum atomic E-state index is 15.6. The molecule has 0 spiro atoms. The van der Waals surface area contributed by atoms with Crippen LogP contribution in [0, 0.1) is 0 Å². The molecule has 1 aliphatic heterocycles. The molecule has 252 valence electrons. The lowest BCUT2D eigenvalue weighted by Gasteiger charge is -2.31. The Hall–Kier alpha value is -4.25. The first-order valence-electron chi connectivity index (χ1n) is 16.1. The van der Waals surface area contributed by atoms with Crippen LogP contribution in [0.4, 0.5) is 4.39 Å². The Kier molecular flexibility index (Phi) is 10.7. The van der Waals surface area contributed by atoms with Gasteiger partial charge >= 0.3 is 5.97 Å². The van der Waals surface area contributed by atoms with Crippen LogP contribution in [0.3, 0.4) is 0 Å². The van der Waals surface area contributed by atoms with Crippen LogP contribution >= 0.6 is 23.2 Å². The Balaban J connectivity index is 1.24. The second-order valence-corrected chi connectivity index (χ2v) is 13.2. The number of aromatic nitrogens is 3. The van der Waals surface area contributed by atoms with Crippen molar-refractivity contribution in [2.45, 2.75) is 51.9 Å². The Labute approximate surface area is 294 Å². The molecule has 5 aromatic rings. The molecular formula is C38H36Cl2FN5O3. The summed E-state index contributed by atoms with van der Waals surface area (Å²) in [4.78, 5) is 27.3. The highest BCUT2D eigenvalue weighted by molar-refractivity contribution is 6.37. The van der Waals surface area contributed by atoms with Crippen LogP contribution in [0.15, 0.2) is 73.2 Å². The van der Waals surface area contributed by atoms with Gasteiger partial charge in [-0.1, -0.05) is 59.6 Å². The smallest absolute Gasteiger partial charge is 0.323 e. The highest BCUT2D eigenvalue weighted by atomic mass is 35.5. The monoisotopic (exact) mass is 699 g/mol. The molecule has 0 fully saturated rings. The van der Waals surface area contributed by atoms with Crippen molar-refractivity contribution >= 4 is 52.0 Å². The molecular weight excluding hydrogens is 664 g/mol. The van der Waals surface area contributed by atoms with E-state index in [1.165, 1.54) is 6.08 Å². The summed E-state index contributed by atoms with van der Waals surface area (Å²) in [5.41, 5.74) is 7.43. The van der Waals surface area contributed by atoms with E-state index in [1.807, 2.05) is 48.5 Å². The molecule has 0 amide bonds. The Bertz CT molecular complexity index is 2050. The van der Waals surface area contributed by atoms with Gasteiger partial charge in [0.1, 0.15) is 11.9 Å². The van der Waals surface area contributed by atoms with Crippen LogP contribution in [0.5, 0.6) is 0 Å². The molecule has 3 N–H and O–H groups in total. The van der Waals surface area contributed by atoms with Gasteiger partial charge in [0, 0.05) is 67.2 Å². The van der Waals surface area contributed by atoms with Gasteiger partial charge in [0.05, 0.1) is 33.6 Å². The lowest BCUT2D eigenvalue weighted by Crippen LogP contribution is -2.39. The van der Waals surface area contributed by atoms with Gasteiger partial charge in [-0.05, 0) is 72.4 Å². The average Bonchev–Trinajstić information content (AvgIpc) is 3.10. The fourth-order valence-electron chi connectivity index (χ4n) is 6.08. The van der Waals surface area contributed by atoms with Gasteiger partial charge in [0.25, 0.3) is 0 Å². The van der Waals surface area contributed by atoms with E-state index >= 15 is 4.39 Å². The number of carboxylic acid groups (broad SMARTS) is 1. The molecule has 0 bridgehead atoms. The van der Waals surface area contributed by atoms with Crippen molar-refractivity contribution in [1.29, 1.82) is 0 Å². The summed E-state index contributed by atoms with van der Waals surface area (Å²) in [5, 5.41) is 23.0. The van der Waals surface area contributed by atoms with Crippen molar-refractivity contribution in [1.82, 2.24) is 25.2 Å². The highest BCUT2D eigenvalue weighted by Gasteiger charge is 2.21. The molecule has 1 aliphatic rings. The molecule has 0 aliphatic carbocycles. The number of nitrogens with one attached hydrogen (secondary N) is 1. The lowest BCUT2D eigenvalue weighted by molar-refractivity contribution is -0.140. The number of aliphatic hydroxyl groups is 1. The lowest BCUT2D eigenvalue weighted by atomic mass is 9.97. The molecule has 0 saturated heterocycles. The summed E-state index contributed by atoms with van der Waals surface area (Å²) in [5.74, 6) is -1.59. The number of aliphatic hydroxyl groups excluding tert-OH is 1. The normalized spacial score (nSPS) is 14.3. The second-order valence-electron chi connectivity index (χ2n) is 12.4. The summed E-state index contributed by atoms with van der Waals surface area (Å²) >= 11 is 13.9. The molecule has 1 atom stereocenters. The molecule has 6 rings (SSSR count). The SMILES string of the molecule is CC(C)N1CCc2cc(/C(F)=C/c3cccc(-c4cccc(Cc5nccc6cc(CN[C@H](CO)C(=O)O)cnc56)c4Cl)c3Cl)ncc2C1. The second kappa shape index (κ2) is 15.1. The van der Waals surface area contributed by atoms with E-state index in [4.69, 9.17) is 23.2 Å². The summed E-state index contributed by atoms with van der Waals surface area (Å²) < 4.78 is 15.6. The highest BCUT2D eigenvalue weighted by Crippen LogP contribution is 2.39. The van der Waals surface area contributed by atoms with Crippen molar-refractivity contribution in [2.24, 2.45) is 0 Å². The number of hydrogen-bond acceptors (Lipinski definition) is 7. The fraction of sp³-hybridized carbons (Fsp3) is 0.263. The molecule has 0 unspecified atom stereocenters. The van der Waals surface area contributed by atoms with Gasteiger partial charge in [-0.15, -0.1) is 0 Å². The minimum absolute atomic E-state index is 0.228. The third kappa shape index (κ3) is 7.66. The molecule has 8 nitrogen and oxygen atoms in total. The predicted molar refractivity (Wildman–Crippen MR) is 192 cm³/mol. The zero-order valence-corrected chi connectivity index (χ0v) is 28.6. The summed E-state index contributed by atoms with van der Waals surface area (Å²) in [6.07, 6.45) is 7.80. The number of nitrogens with zero attached hydrogens (tertiary/aromatic N) is 4. The van der Waals surface area contributed by atoms with Crippen LogP contribution in [-0.2, 0) is 30.7 Å².